The van der Waals surface area contributed by atoms with E-state index < -0.39 is 0 Å². The Morgan fingerprint density at radius 2 is 1.48 bits per heavy atom. The van der Waals surface area contributed by atoms with Gasteiger partial charge in [-0.15, -0.1) is 0 Å². The van der Waals surface area contributed by atoms with Gasteiger partial charge >= 0.3 is 0 Å². The van der Waals surface area contributed by atoms with E-state index in [1.807, 2.05) is 0 Å². The van der Waals surface area contributed by atoms with Crippen LogP contribution in [0.4, 0.5) is 0 Å². The second-order valence-electron chi connectivity index (χ2n) is 6.65. The van der Waals surface area contributed by atoms with Crippen molar-refractivity contribution in [3.63, 3.8) is 0 Å². The summed E-state index contributed by atoms with van der Waals surface area (Å²) in [5.74, 6) is 0.649. The van der Waals surface area contributed by atoms with Gasteiger partial charge in [0.15, 0.2) is 0 Å². The zero-order valence-electron chi connectivity index (χ0n) is 13.1. The van der Waals surface area contributed by atoms with E-state index in [-0.39, 0.29) is 6.04 Å². The average molecular weight is 281 g/mol. The molecule has 1 atom stereocenters. The van der Waals surface area contributed by atoms with Crippen LogP contribution in [-0.2, 0) is 0 Å². The first-order chi connectivity index (χ1) is 10.3. The van der Waals surface area contributed by atoms with Gasteiger partial charge in [0, 0.05) is 6.04 Å². The van der Waals surface area contributed by atoms with Crippen LogP contribution in [0.1, 0.15) is 62.1 Å². The zero-order chi connectivity index (χ0) is 14.7. The van der Waals surface area contributed by atoms with Gasteiger partial charge in [0.2, 0.25) is 0 Å². The molecule has 112 valence electrons. The van der Waals surface area contributed by atoms with Crippen molar-refractivity contribution in [2.24, 2.45) is 11.7 Å². The lowest BCUT2D eigenvalue weighted by atomic mass is 9.81. The monoisotopic (exact) mass is 281 g/mol. The molecule has 0 radical (unpaired) electrons. The van der Waals surface area contributed by atoms with Crippen molar-refractivity contribution < 1.29 is 0 Å². The van der Waals surface area contributed by atoms with Gasteiger partial charge < -0.3 is 5.73 Å². The molecule has 0 heterocycles. The van der Waals surface area contributed by atoms with E-state index in [0.29, 0.717) is 5.92 Å². The average Bonchev–Trinajstić information content (AvgIpc) is 2.47. The third-order valence-electron chi connectivity index (χ3n) is 5.19. The lowest BCUT2D eigenvalue weighted by Gasteiger charge is -2.27. The summed E-state index contributed by atoms with van der Waals surface area (Å²) < 4.78 is 0. The normalized spacial score (nSPS) is 19.1. The van der Waals surface area contributed by atoms with Crippen molar-refractivity contribution in [2.75, 3.05) is 0 Å². The maximum absolute atomic E-state index is 6.71. The molecular weight excluding hydrogens is 254 g/mol. The van der Waals surface area contributed by atoms with Gasteiger partial charge in [-0.2, -0.15) is 0 Å². The number of fused-ring (bicyclic) bond motifs is 1. The molecule has 21 heavy (non-hydrogen) atoms. The van der Waals surface area contributed by atoms with Gasteiger partial charge in [-0.25, -0.2) is 0 Å². The summed E-state index contributed by atoms with van der Waals surface area (Å²) in [6, 6.07) is 13.4. The van der Waals surface area contributed by atoms with Gasteiger partial charge in [-0.05, 0) is 47.6 Å². The van der Waals surface area contributed by atoms with Crippen LogP contribution in [0, 0.1) is 12.8 Å². The van der Waals surface area contributed by atoms with Crippen LogP contribution in [0.5, 0.6) is 0 Å². The van der Waals surface area contributed by atoms with Gasteiger partial charge in [0.05, 0.1) is 0 Å². The van der Waals surface area contributed by atoms with Crippen molar-refractivity contribution in [3.8, 4) is 0 Å². The number of rotatable bonds is 2. The van der Waals surface area contributed by atoms with Crippen molar-refractivity contribution in [1.82, 2.24) is 0 Å². The van der Waals surface area contributed by atoms with E-state index in [9.17, 15) is 0 Å². The van der Waals surface area contributed by atoms with Crippen LogP contribution in [0.3, 0.4) is 0 Å². The zero-order valence-corrected chi connectivity index (χ0v) is 13.1. The Morgan fingerprint density at radius 1 is 0.857 bits per heavy atom. The third-order valence-corrected chi connectivity index (χ3v) is 5.19. The van der Waals surface area contributed by atoms with Gasteiger partial charge in [-0.3, -0.25) is 0 Å². The van der Waals surface area contributed by atoms with Crippen LogP contribution in [0.15, 0.2) is 36.4 Å². The molecule has 0 amide bonds. The molecule has 1 fully saturated rings. The summed E-state index contributed by atoms with van der Waals surface area (Å²) in [5.41, 5.74) is 9.40. The molecule has 2 aromatic rings. The van der Waals surface area contributed by atoms with E-state index in [1.54, 1.807) is 0 Å². The van der Waals surface area contributed by atoms with Crippen molar-refractivity contribution >= 4 is 10.8 Å². The Hall–Kier alpha value is -1.34. The topological polar surface area (TPSA) is 26.0 Å². The van der Waals surface area contributed by atoms with Crippen LogP contribution in [-0.4, -0.2) is 0 Å². The van der Waals surface area contributed by atoms with Crippen LogP contribution >= 0.6 is 0 Å². The summed E-state index contributed by atoms with van der Waals surface area (Å²) >= 11 is 0. The summed E-state index contributed by atoms with van der Waals surface area (Å²) in [4.78, 5) is 0. The molecule has 0 aromatic heterocycles. The molecule has 1 saturated carbocycles. The van der Waals surface area contributed by atoms with E-state index in [4.69, 9.17) is 5.73 Å². The minimum atomic E-state index is 0.189. The highest BCUT2D eigenvalue weighted by Crippen LogP contribution is 2.35. The third kappa shape index (κ3) is 3.13. The standard InChI is InChI=1S/C20H27N/c1-15-13-14-19(18-12-8-7-11-17(15)18)20(21)16-9-5-3-2-4-6-10-16/h7-8,11-14,16,20H,2-6,9-10,21H2,1H3. The summed E-state index contributed by atoms with van der Waals surface area (Å²) in [6.07, 6.45) is 9.47. The smallest absolute Gasteiger partial charge is 0.0329 e. The molecule has 3 rings (SSSR count). The maximum Gasteiger partial charge on any atom is 0.0329 e. The lowest BCUT2D eigenvalue weighted by Crippen LogP contribution is -2.22. The van der Waals surface area contributed by atoms with Gasteiger partial charge in [0.1, 0.15) is 0 Å². The first kappa shape index (κ1) is 14.6. The highest BCUT2D eigenvalue weighted by atomic mass is 14.7. The molecule has 1 nitrogen and oxygen atoms in total. The Balaban J connectivity index is 1.93. The number of aryl methyl sites for hydroxylation is 1. The van der Waals surface area contributed by atoms with Crippen molar-refractivity contribution in [2.45, 2.75) is 57.9 Å². The SMILES string of the molecule is Cc1ccc(C(N)C2CCCCCCC2)c2ccccc12. The van der Waals surface area contributed by atoms with Crippen LogP contribution in [0.2, 0.25) is 0 Å². The van der Waals surface area contributed by atoms with E-state index in [2.05, 4.69) is 43.3 Å². The molecule has 0 bridgehead atoms. The lowest BCUT2D eigenvalue weighted by molar-refractivity contribution is 0.328. The van der Waals surface area contributed by atoms with Crippen LogP contribution in [0.25, 0.3) is 10.8 Å². The fourth-order valence-corrected chi connectivity index (χ4v) is 3.86. The molecule has 2 N–H and O–H groups in total. The first-order valence-electron chi connectivity index (χ1n) is 8.51. The van der Waals surface area contributed by atoms with E-state index >= 15 is 0 Å². The Morgan fingerprint density at radius 3 is 2.19 bits per heavy atom. The van der Waals surface area contributed by atoms with Crippen molar-refractivity contribution in [1.29, 1.82) is 0 Å². The van der Waals surface area contributed by atoms with E-state index in [1.165, 1.54) is 66.8 Å². The second kappa shape index (κ2) is 6.62. The highest BCUT2D eigenvalue weighted by molar-refractivity contribution is 5.88. The summed E-state index contributed by atoms with van der Waals surface area (Å²) in [7, 11) is 0. The predicted octanol–water partition coefficient (Wildman–Crippen LogP) is 5.51. The molecule has 1 unspecified atom stereocenters. The summed E-state index contributed by atoms with van der Waals surface area (Å²) in [5, 5.41) is 2.71. The number of nitrogens with two attached hydrogens (primary N) is 1. The largest absolute Gasteiger partial charge is 0.324 e. The quantitative estimate of drug-likeness (QED) is 0.772. The van der Waals surface area contributed by atoms with Gasteiger partial charge in [-0.1, -0.05) is 68.5 Å². The molecule has 1 heteroatoms. The summed E-state index contributed by atoms with van der Waals surface area (Å²) in [6.45, 7) is 2.19. The molecule has 0 spiro atoms. The predicted molar refractivity (Wildman–Crippen MR) is 91.4 cm³/mol. The number of hydrogen-bond donors (Lipinski definition) is 1. The molecule has 0 aliphatic heterocycles. The Kier molecular flexibility index (Phi) is 4.60. The highest BCUT2D eigenvalue weighted by Gasteiger charge is 2.21. The molecule has 1 aliphatic rings. The number of hydrogen-bond acceptors (Lipinski definition) is 1. The fraction of sp³-hybridized carbons (Fsp3) is 0.500. The van der Waals surface area contributed by atoms with Gasteiger partial charge in [0.25, 0.3) is 0 Å². The molecular formula is C20H27N. The molecule has 0 saturated heterocycles. The molecule has 2 aromatic carbocycles. The second-order valence-corrected chi connectivity index (χ2v) is 6.65. The molecule has 1 aliphatic carbocycles. The number of benzene rings is 2. The minimum Gasteiger partial charge on any atom is -0.324 e. The maximum atomic E-state index is 6.71. The minimum absolute atomic E-state index is 0.189. The fourth-order valence-electron chi connectivity index (χ4n) is 3.86. The van der Waals surface area contributed by atoms with Crippen molar-refractivity contribution in [3.05, 3.63) is 47.5 Å². The van der Waals surface area contributed by atoms with E-state index in [0.717, 1.165) is 0 Å². The Bertz CT molecular complexity index is 594. The first-order valence-corrected chi connectivity index (χ1v) is 8.51. The Labute approximate surface area is 128 Å². The van der Waals surface area contributed by atoms with Crippen LogP contribution < -0.4 is 5.73 Å².